The second kappa shape index (κ2) is 16.5. The zero-order valence-electron chi connectivity index (χ0n) is 34.8. The van der Waals surface area contributed by atoms with Gasteiger partial charge in [0.2, 0.25) is 0 Å². The average molecular weight is 813 g/mol. The highest BCUT2D eigenvalue weighted by atomic mass is 32.1. The van der Waals surface area contributed by atoms with Crippen molar-refractivity contribution in [2.24, 2.45) is 4.99 Å². The van der Waals surface area contributed by atoms with Gasteiger partial charge in [-0.2, -0.15) is 0 Å². The van der Waals surface area contributed by atoms with Gasteiger partial charge in [0.1, 0.15) is 0 Å². The first-order chi connectivity index (χ1) is 30.4. The summed E-state index contributed by atoms with van der Waals surface area (Å²) in [6, 6.07) is 69.2. The van der Waals surface area contributed by atoms with Crippen molar-refractivity contribution in [2.45, 2.75) is 13.8 Å². The lowest BCUT2D eigenvalue weighted by Crippen LogP contribution is -2.00. The molecular weight excluding hydrogens is 769 g/mol. The molecule has 0 radical (unpaired) electrons. The Morgan fingerprint density at radius 1 is 0.516 bits per heavy atom. The molecule has 0 fully saturated rings. The van der Waals surface area contributed by atoms with Crippen molar-refractivity contribution < 1.29 is 0 Å². The zero-order chi connectivity index (χ0) is 42.2. The Morgan fingerprint density at radius 3 is 1.77 bits per heavy atom. The van der Waals surface area contributed by atoms with E-state index in [4.69, 9.17) is 10.7 Å². The maximum Gasteiger partial charge on any atom is 0.0943 e. The van der Waals surface area contributed by atoms with Gasteiger partial charge in [-0.25, -0.2) is 0 Å². The number of anilines is 1. The number of thiophene rings is 1. The van der Waals surface area contributed by atoms with Gasteiger partial charge in [0, 0.05) is 31.3 Å². The van der Waals surface area contributed by atoms with Crippen LogP contribution in [0.15, 0.2) is 212 Å². The van der Waals surface area contributed by atoms with Gasteiger partial charge >= 0.3 is 0 Å². The highest BCUT2D eigenvalue weighted by Crippen LogP contribution is 2.43. The number of hydrogen-bond donors (Lipinski definition) is 1. The molecule has 62 heavy (non-hydrogen) atoms. The van der Waals surface area contributed by atoms with E-state index in [-0.39, 0.29) is 0 Å². The third-order valence-electron chi connectivity index (χ3n) is 12.1. The first-order valence-electron chi connectivity index (χ1n) is 21.0. The van der Waals surface area contributed by atoms with Gasteiger partial charge in [-0.3, -0.25) is 4.99 Å². The quantitative estimate of drug-likeness (QED) is 0.0670. The van der Waals surface area contributed by atoms with Crippen LogP contribution in [0.25, 0.3) is 87.1 Å². The molecule has 0 saturated heterocycles. The first-order valence-corrected chi connectivity index (χ1v) is 21.8. The van der Waals surface area contributed by atoms with Crippen LogP contribution in [0.2, 0.25) is 0 Å². The molecule has 2 nitrogen and oxygen atoms in total. The van der Waals surface area contributed by atoms with Crippen LogP contribution < -0.4 is 5.73 Å². The third-order valence-corrected chi connectivity index (χ3v) is 13.3. The Morgan fingerprint density at radius 2 is 1.08 bits per heavy atom. The summed E-state index contributed by atoms with van der Waals surface area (Å²) in [4.78, 5) is 5.39. The fourth-order valence-corrected chi connectivity index (χ4v) is 9.87. The number of hydrogen-bond acceptors (Lipinski definition) is 3. The third kappa shape index (κ3) is 7.23. The van der Waals surface area contributed by atoms with E-state index in [2.05, 4.69) is 215 Å². The predicted molar refractivity (Wildman–Crippen MR) is 271 cm³/mol. The van der Waals surface area contributed by atoms with E-state index < -0.39 is 0 Å². The number of rotatable bonds is 9. The largest absolute Gasteiger partial charge is 0.397 e. The highest BCUT2D eigenvalue weighted by Gasteiger charge is 2.18. The molecule has 2 N–H and O–H groups in total. The van der Waals surface area contributed by atoms with Gasteiger partial charge in [0.05, 0.1) is 11.4 Å². The summed E-state index contributed by atoms with van der Waals surface area (Å²) >= 11 is 1.85. The van der Waals surface area contributed by atoms with Gasteiger partial charge in [0.15, 0.2) is 0 Å². The van der Waals surface area contributed by atoms with Crippen LogP contribution in [0.3, 0.4) is 0 Å². The minimum atomic E-state index is 0.664. The summed E-state index contributed by atoms with van der Waals surface area (Å²) < 4.78 is 2.60. The van der Waals surface area contributed by atoms with E-state index in [1.54, 1.807) is 0 Å². The first kappa shape index (κ1) is 38.6. The molecule has 1 heterocycles. The Balaban J connectivity index is 1.09. The molecule has 3 heteroatoms. The van der Waals surface area contributed by atoms with Crippen LogP contribution in [-0.4, -0.2) is 5.71 Å². The topological polar surface area (TPSA) is 38.4 Å². The molecule has 0 atom stereocenters. The number of nitrogens with zero attached hydrogens (tertiary/aromatic N) is 1. The van der Waals surface area contributed by atoms with Gasteiger partial charge in [0.25, 0.3) is 0 Å². The number of nitrogen functional groups attached to an aromatic ring is 1. The standard InChI is InChI=1S/C59H44N2S/c1-4-40(43-25-27-44(28-26-43)41-15-7-5-8-16-41)36-54-38(2)57(60)58(52-34-33-48(37-55(52)54)46-31-29-45(30-32-46)42-17-9-6-10-18-42)61-39(3)47-19-13-20-49(35-47)50-22-14-23-53-51-21-11-12-24-56(51)62-59(50)53/h4-37H,1,60H2,2-3H3/b40-36+,61-39?. The molecule has 0 bridgehead atoms. The SMILES string of the molecule is C=C/C(=C\c1c(C)c(N)c(N=C(C)c2cccc(-c3cccc4c3sc3ccccc34)c2)c2ccc(-c3ccc(-c4ccccc4)cc3)cc12)c1ccc(-c2ccccc2)cc1. The summed E-state index contributed by atoms with van der Waals surface area (Å²) in [5.74, 6) is 0. The van der Waals surface area contributed by atoms with Crippen molar-refractivity contribution in [3.05, 3.63) is 229 Å². The van der Waals surface area contributed by atoms with Crippen molar-refractivity contribution in [3.8, 4) is 44.5 Å². The molecule has 9 aromatic carbocycles. The summed E-state index contributed by atoms with van der Waals surface area (Å²) in [7, 11) is 0. The number of aliphatic imine (C=N–C) groups is 1. The van der Waals surface area contributed by atoms with Gasteiger partial charge in [-0.05, 0) is 116 Å². The molecule has 0 spiro atoms. The van der Waals surface area contributed by atoms with E-state index in [1.807, 2.05) is 23.5 Å². The molecule has 0 unspecified atom stereocenters. The lowest BCUT2D eigenvalue weighted by atomic mass is 9.90. The van der Waals surface area contributed by atoms with E-state index >= 15 is 0 Å². The second-order valence-corrected chi connectivity index (χ2v) is 16.9. The fourth-order valence-electron chi connectivity index (χ4n) is 8.63. The van der Waals surface area contributed by atoms with E-state index in [1.165, 1.54) is 53.6 Å². The second-order valence-electron chi connectivity index (χ2n) is 15.8. The Kier molecular flexibility index (Phi) is 10.2. The molecule has 0 aliphatic carbocycles. The van der Waals surface area contributed by atoms with Crippen molar-refractivity contribution in [3.63, 3.8) is 0 Å². The lowest BCUT2D eigenvalue weighted by Gasteiger charge is -2.17. The number of benzene rings is 9. The summed E-state index contributed by atoms with van der Waals surface area (Å²) in [5, 5.41) is 4.67. The molecule has 10 rings (SSSR count). The minimum Gasteiger partial charge on any atom is -0.397 e. The van der Waals surface area contributed by atoms with Gasteiger partial charge in [-0.1, -0.05) is 189 Å². The van der Waals surface area contributed by atoms with Crippen molar-refractivity contribution in [1.82, 2.24) is 0 Å². The smallest absolute Gasteiger partial charge is 0.0943 e. The van der Waals surface area contributed by atoms with Crippen LogP contribution >= 0.6 is 11.3 Å². The zero-order valence-corrected chi connectivity index (χ0v) is 35.6. The monoisotopic (exact) mass is 812 g/mol. The predicted octanol–water partition coefficient (Wildman–Crippen LogP) is 16.6. The van der Waals surface area contributed by atoms with Crippen molar-refractivity contribution in [1.29, 1.82) is 0 Å². The Labute approximate surface area is 367 Å². The number of nitrogens with two attached hydrogens (primary N) is 1. The van der Waals surface area contributed by atoms with Crippen LogP contribution in [-0.2, 0) is 0 Å². The van der Waals surface area contributed by atoms with E-state index in [0.29, 0.717) is 5.69 Å². The molecule has 0 saturated carbocycles. The fraction of sp³-hybridized carbons (Fsp3) is 0.0339. The highest BCUT2D eigenvalue weighted by molar-refractivity contribution is 7.26. The van der Waals surface area contributed by atoms with Crippen molar-refractivity contribution in [2.75, 3.05) is 5.73 Å². The van der Waals surface area contributed by atoms with Crippen LogP contribution in [0.5, 0.6) is 0 Å². The summed E-state index contributed by atoms with van der Waals surface area (Å²) in [6.07, 6.45) is 4.17. The van der Waals surface area contributed by atoms with Crippen LogP contribution in [0.1, 0.15) is 29.2 Å². The number of allylic oxidation sites excluding steroid dienone is 2. The maximum absolute atomic E-state index is 7.20. The molecule has 1 aromatic heterocycles. The van der Waals surface area contributed by atoms with Crippen LogP contribution in [0.4, 0.5) is 11.4 Å². The summed E-state index contributed by atoms with van der Waals surface area (Å²) in [6.45, 7) is 8.47. The molecule has 296 valence electrons. The number of fused-ring (bicyclic) bond motifs is 4. The van der Waals surface area contributed by atoms with Crippen molar-refractivity contribution >= 4 is 71.0 Å². The molecular formula is C59H44N2S. The molecule has 0 aliphatic rings. The normalized spacial score (nSPS) is 12.0. The molecule has 10 aromatic rings. The van der Waals surface area contributed by atoms with E-state index in [0.717, 1.165) is 61.1 Å². The Bertz CT molecular complexity index is 3350. The van der Waals surface area contributed by atoms with E-state index in [9.17, 15) is 0 Å². The summed E-state index contributed by atoms with van der Waals surface area (Å²) in [5.41, 5.74) is 24.1. The van der Waals surface area contributed by atoms with Gasteiger partial charge in [-0.15, -0.1) is 11.3 Å². The van der Waals surface area contributed by atoms with Crippen LogP contribution in [0, 0.1) is 6.92 Å². The lowest BCUT2D eigenvalue weighted by molar-refractivity contribution is 1.43. The van der Waals surface area contributed by atoms with Gasteiger partial charge < -0.3 is 5.73 Å². The minimum absolute atomic E-state index is 0.664. The Hall–Kier alpha value is -7.59. The molecule has 0 amide bonds. The average Bonchev–Trinajstić information content (AvgIpc) is 3.73. The molecule has 0 aliphatic heterocycles. The maximum atomic E-state index is 7.20.